The maximum absolute atomic E-state index is 13.6. The monoisotopic (exact) mass is 553 g/mol. The van der Waals surface area contributed by atoms with Gasteiger partial charge in [-0.3, -0.25) is 14.4 Å². The molecule has 0 aliphatic carbocycles. The van der Waals surface area contributed by atoms with Crippen LogP contribution >= 0.6 is 23.2 Å². The number of anilines is 1. The molecule has 0 saturated carbocycles. The van der Waals surface area contributed by atoms with Crippen molar-refractivity contribution in [2.75, 3.05) is 11.4 Å². The van der Waals surface area contributed by atoms with Gasteiger partial charge in [0.1, 0.15) is 6.04 Å². The summed E-state index contributed by atoms with van der Waals surface area (Å²) in [5.74, 6) is -0.393. The lowest BCUT2D eigenvalue weighted by Crippen LogP contribution is -2.50. The molecule has 0 fully saturated rings. The average molecular weight is 555 g/mol. The van der Waals surface area contributed by atoms with Crippen molar-refractivity contribution < 1.29 is 14.4 Å². The molecule has 38 heavy (non-hydrogen) atoms. The summed E-state index contributed by atoms with van der Waals surface area (Å²) in [6.45, 7) is 6.43. The van der Waals surface area contributed by atoms with Crippen molar-refractivity contribution in [2.45, 2.75) is 65.1 Å². The number of nitrogens with one attached hydrogen (secondary N) is 1. The molecule has 2 atom stereocenters. The molecule has 1 heterocycles. The molecular weight excluding hydrogens is 521 g/mol. The van der Waals surface area contributed by atoms with Crippen molar-refractivity contribution in [3.05, 3.63) is 75.8 Å². The van der Waals surface area contributed by atoms with Crippen molar-refractivity contribution >= 4 is 57.4 Å². The largest absolute Gasteiger partial charge is 0.352 e. The molecule has 0 radical (unpaired) electrons. The van der Waals surface area contributed by atoms with E-state index in [9.17, 15) is 14.4 Å². The highest BCUT2D eigenvalue weighted by Gasteiger charge is 2.31. The Balaban J connectivity index is 1.51. The van der Waals surface area contributed by atoms with Crippen LogP contribution in [0.15, 0.2) is 54.6 Å². The molecule has 0 spiro atoms. The lowest BCUT2D eigenvalue weighted by Gasteiger charge is -2.32. The van der Waals surface area contributed by atoms with E-state index in [1.54, 1.807) is 28.0 Å². The van der Waals surface area contributed by atoms with Crippen molar-refractivity contribution in [1.29, 1.82) is 0 Å². The Morgan fingerprint density at radius 1 is 1.03 bits per heavy atom. The molecule has 3 amide bonds. The number of hydrogen-bond acceptors (Lipinski definition) is 3. The van der Waals surface area contributed by atoms with Gasteiger partial charge in [-0.15, -0.1) is 0 Å². The Hall–Kier alpha value is -3.09. The molecule has 0 bridgehead atoms. The molecule has 3 aromatic carbocycles. The van der Waals surface area contributed by atoms with Gasteiger partial charge in [-0.05, 0) is 61.4 Å². The molecule has 1 aliphatic heterocycles. The highest BCUT2D eigenvalue weighted by molar-refractivity contribution is 6.35. The molecule has 200 valence electrons. The minimum Gasteiger partial charge on any atom is -0.352 e. The fourth-order valence-electron chi connectivity index (χ4n) is 4.93. The Labute approximate surface area is 233 Å². The maximum Gasteiger partial charge on any atom is 0.258 e. The summed E-state index contributed by atoms with van der Waals surface area (Å²) in [5.41, 5.74) is 2.28. The van der Waals surface area contributed by atoms with Gasteiger partial charge in [0.15, 0.2) is 0 Å². The third-order valence-corrected chi connectivity index (χ3v) is 7.75. The van der Waals surface area contributed by atoms with E-state index in [-0.39, 0.29) is 36.7 Å². The zero-order valence-electron chi connectivity index (χ0n) is 22.0. The molecule has 1 N–H and O–H groups in total. The van der Waals surface area contributed by atoms with Crippen LogP contribution < -0.4 is 10.2 Å². The average Bonchev–Trinajstić information content (AvgIpc) is 3.17. The second-order valence-electron chi connectivity index (χ2n) is 9.74. The predicted octanol–water partition coefficient (Wildman–Crippen LogP) is 6.61. The van der Waals surface area contributed by atoms with E-state index in [1.165, 1.54) is 0 Å². The van der Waals surface area contributed by atoms with E-state index in [0.717, 1.165) is 28.4 Å². The Morgan fingerprint density at radius 2 is 1.76 bits per heavy atom. The van der Waals surface area contributed by atoms with Crippen LogP contribution in [-0.4, -0.2) is 41.2 Å². The number of amides is 3. The maximum atomic E-state index is 13.6. The smallest absolute Gasteiger partial charge is 0.258 e. The number of benzene rings is 3. The zero-order chi connectivity index (χ0) is 27.4. The number of rotatable bonds is 11. The third kappa shape index (κ3) is 5.82. The first kappa shape index (κ1) is 27.9. The van der Waals surface area contributed by atoms with E-state index in [2.05, 4.69) is 5.32 Å². The fourth-order valence-corrected chi connectivity index (χ4v) is 5.40. The lowest BCUT2D eigenvalue weighted by atomic mass is 10.1. The van der Waals surface area contributed by atoms with Crippen LogP contribution in [0.2, 0.25) is 10.0 Å². The minimum absolute atomic E-state index is 0.00172. The first-order valence-electron chi connectivity index (χ1n) is 13.1. The molecule has 1 aliphatic rings. The second-order valence-corrected chi connectivity index (χ2v) is 10.6. The standard InChI is InChI=1S/C30H33Cl2N3O3/c1-4-19(3)33-29(37)25(5-2)35(18-21-14-15-22(31)17-24(21)32)27(36)13-8-16-34-26-12-7-10-20-9-6-11-23(28(20)26)30(34)38/h6-7,9-12,14-15,17,19,25H,4-5,8,13,16,18H2,1-3H3,(H,33,37)/t19-,25+/m0/s1. The van der Waals surface area contributed by atoms with Gasteiger partial charge < -0.3 is 15.1 Å². The summed E-state index contributed by atoms with van der Waals surface area (Å²) in [6.07, 6.45) is 1.90. The molecular formula is C30H33Cl2N3O3. The van der Waals surface area contributed by atoms with E-state index >= 15 is 0 Å². The van der Waals surface area contributed by atoms with Crippen molar-refractivity contribution in [1.82, 2.24) is 10.2 Å². The summed E-state index contributed by atoms with van der Waals surface area (Å²) in [4.78, 5) is 43.3. The van der Waals surface area contributed by atoms with Crippen LogP contribution in [0.5, 0.6) is 0 Å². The van der Waals surface area contributed by atoms with Crippen molar-refractivity contribution in [3.63, 3.8) is 0 Å². The summed E-state index contributed by atoms with van der Waals surface area (Å²) >= 11 is 12.5. The molecule has 0 aromatic heterocycles. The van der Waals surface area contributed by atoms with Crippen LogP contribution in [0, 0.1) is 0 Å². The highest BCUT2D eigenvalue weighted by atomic mass is 35.5. The molecule has 0 unspecified atom stereocenters. The van der Waals surface area contributed by atoms with Crippen molar-refractivity contribution in [2.24, 2.45) is 0 Å². The normalized spacial score (nSPS) is 14.0. The third-order valence-electron chi connectivity index (χ3n) is 7.16. The lowest BCUT2D eigenvalue weighted by molar-refractivity contribution is -0.141. The Bertz CT molecular complexity index is 1350. The molecule has 0 saturated heterocycles. The van der Waals surface area contributed by atoms with E-state index in [0.29, 0.717) is 35.0 Å². The van der Waals surface area contributed by atoms with Crippen LogP contribution in [0.3, 0.4) is 0 Å². The number of halogens is 2. The quantitative estimate of drug-likeness (QED) is 0.290. The van der Waals surface area contributed by atoms with Gasteiger partial charge in [0.2, 0.25) is 11.8 Å². The molecule has 6 nitrogen and oxygen atoms in total. The first-order valence-corrected chi connectivity index (χ1v) is 13.9. The molecule has 8 heteroatoms. The van der Waals surface area contributed by atoms with Gasteiger partial charge in [-0.2, -0.15) is 0 Å². The van der Waals surface area contributed by atoms with E-state index in [4.69, 9.17) is 23.2 Å². The summed E-state index contributed by atoms with van der Waals surface area (Å²) in [6, 6.07) is 16.1. The van der Waals surface area contributed by atoms with Crippen LogP contribution in [0.4, 0.5) is 5.69 Å². The van der Waals surface area contributed by atoms with Gasteiger partial charge >= 0.3 is 0 Å². The van der Waals surface area contributed by atoms with Gasteiger partial charge in [0.25, 0.3) is 5.91 Å². The van der Waals surface area contributed by atoms with Crippen LogP contribution in [-0.2, 0) is 16.1 Å². The number of carbonyl (C=O) groups excluding carboxylic acids is 3. The molecule has 4 rings (SSSR count). The van der Waals surface area contributed by atoms with Crippen LogP contribution in [0.1, 0.15) is 62.4 Å². The number of hydrogen-bond donors (Lipinski definition) is 1. The van der Waals surface area contributed by atoms with Gasteiger partial charge in [-0.25, -0.2) is 0 Å². The Kier molecular flexibility index (Phi) is 8.95. The topological polar surface area (TPSA) is 69.7 Å². The van der Waals surface area contributed by atoms with Gasteiger partial charge in [0.05, 0.1) is 5.69 Å². The van der Waals surface area contributed by atoms with Gasteiger partial charge in [0, 0.05) is 46.5 Å². The number of carbonyl (C=O) groups is 3. The number of nitrogens with zero attached hydrogens (tertiary/aromatic N) is 2. The Morgan fingerprint density at radius 3 is 2.45 bits per heavy atom. The summed E-state index contributed by atoms with van der Waals surface area (Å²) in [7, 11) is 0. The van der Waals surface area contributed by atoms with E-state index in [1.807, 2.05) is 57.2 Å². The van der Waals surface area contributed by atoms with Crippen molar-refractivity contribution in [3.8, 4) is 0 Å². The fraction of sp³-hybridized carbons (Fsp3) is 0.367. The van der Waals surface area contributed by atoms with E-state index < -0.39 is 6.04 Å². The SMILES string of the molecule is CC[C@H](C(=O)N[C@@H](C)CC)N(Cc1ccc(Cl)cc1Cl)C(=O)CCCN1C(=O)c2cccc3cccc1c23. The highest BCUT2D eigenvalue weighted by Crippen LogP contribution is 2.37. The van der Waals surface area contributed by atoms with Gasteiger partial charge in [-0.1, -0.05) is 67.4 Å². The first-order chi connectivity index (χ1) is 18.2. The second kappa shape index (κ2) is 12.2. The zero-order valence-corrected chi connectivity index (χ0v) is 23.5. The predicted molar refractivity (Wildman–Crippen MR) is 154 cm³/mol. The summed E-state index contributed by atoms with van der Waals surface area (Å²) < 4.78 is 0. The molecule has 3 aromatic rings. The minimum atomic E-state index is -0.644. The summed E-state index contributed by atoms with van der Waals surface area (Å²) in [5, 5.41) is 5.94. The van der Waals surface area contributed by atoms with Crippen LogP contribution in [0.25, 0.3) is 10.8 Å².